The molecule has 22 heavy (non-hydrogen) atoms. The number of amides is 1. The first kappa shape index (κ1) is 14.5. The van der Waals surface area contributed by atoms with Crippen LogP contribution >= 0.6 is 11.8 Å². The van der Waals surface area contributed by atoms with Gasteiger partial charge in [-0.05, 0) is 48.0 Å². The molecule has 1 aromatic heterocycles. The van der Waals surface area contributed by atoms with Crippen LogP contribution in [0.4, 0.5) is 5.69 Å². The molecule has 5 heteroatoms. The maximum Gasteiger partial charge on any atom is 0.266 e. The Morgan fingerprint density at radius 3 is 2.77 bits per heavy atom. The number of aliphatic imine (C=N–C) groups is 1. The topological polar surface area (TPSA) is 45.6 Å². The first-order valence-electron chi connectivity index (χ1n) is 6.87. The SMILES string of the molecule is Cc1ccccc1/C=C1\SC(=Nc2cccnc2)N(C)C1=O. The summed E-state index contributed by atoms with van der Waals surface area (Å²) in [6.45, 7) is 2.03. The third-order valence-corrected chi connectivity index (χ3v) is 4.41. The van der Waals surface area contributed by atoms with Gasteiger partial charge in [-0.1, -0.05) is 24.3 Å². The van der Waals surface area contributed by atoms with Gasteiger partial charge >= 0.3 is 0 Å². The third kappa shape index (κ3) is 2.94. The van der Waals surface area contributed by atoms with E-state index in [1.807, 2.05) is 49.4 Å². The maximum atomic E-state index is 12.4. The van der Waals surface area contributed by atoms with E-state index in [4.69, 9.17) is 0 Å². The molecule has 3 rings (SSSR count). The molecule has 1 fully saturated rings. The van der Waals surface area contributed by atoms with Crippen LogP contribution in [0.25, 0.3) is 6.08 Å². The number of rotatable bonds is 2. The number of hydrogen-bond donors (Lipinski definition) is 0. The number of aromatic nitrogens is 1. The van der Waals surface area contributed by atoms with Crippen LogP contribution in [-0.4, -0.2) is 28.0 Å². The average molecular weight is 309 g/mol. The molecule has 0 bridgehead atoms. The quantitative estimate of drug-likeness (QED) is 0.796. The van der Waals surface area contributed by atoms with E-state index in [2.05, 4.69) is 9.98 Å². The van der Waals surface area contributed by atoms with Gasteiger partial charge in [0.1, 0.15) is 0 Å². The van der Waals surface area contributed by atoms with Crippen molar-refractivity contribution in [1.29, 1.82) is 0 Å². The van der Waals surface area contributed by atoms with Gasteiger partial charge in [0.15, 0.2) is 5.17 Å². The lowest BCUT2D eigenvalue weighted by atomic mass is 10.1. The van der Waals surface area contributed by atoms with Crippen LogP contribution in [0.3, 0.4) is 0 Å². The van der Waals surface area contributed by atoms with E-state index in [1.165, 1.54) is 11.8 Å². The maximum absolute atomic E-state index is 12.4. The summed E-state index contributed by atoms with van der Waals surface area (Å²) in [5.41, 5.74) is 2.93. The van der Waals surface area contributed by atoms with E-state index in [9.17, 15) is 4.79 Å². The number of nitrogens with zero attached hydrogens (tertiary/aromatic N) is 3. The Hall–Kier alpha value is -2.40. The van der Waals surface area contributed by atoms with Gasteiger partial charge in [0.25, 0.3) is 5.91 Å². The van der Waals surface area contributed by atoms with Crippen LogP contribution in [-0.2, 0) is 4.79 Å². The molecule has 1 aliphatic rings. The highest BCUT2D eigenvalue weighted by molar-refractivity contribution is 8.18. The fourth-order valence-corrected chi connectivity index (χ4v) is 3.05. The molecule has 0 atom stereocenters. The Kier molecular flexibility index (Phi) is 4.06. The molecule has 2 aromatic rings. The highest BCUT2D eigenvalue weighted by Crippen LogP contribution is 2.33. The third-order valence-electron chi connectivity index (χ3n) is 3.35. The van der Waals surface area contributed by atoms with Gasteiger partial charge in [-0.15, -0.1) is 0 Å². The number of hydrogen-bond acceptors (Lipinski definition) is 4. The van der Waals surface area contributed by atoms with Crippen LogP contribution in [0.1, 0.15) is 11.1 Å². The van der Waals surface area contributed by atoms with Crippen molar-refractivity contribution in [2.45, 2.75) is 6.92 Å². The average Bonchev–Trinajstić information content (AvgIpc) is 2.79. The van der Waals surface area contributed by atoms with E-state index in [-0.39, 0.29) is 5.91 Å². The van der Waals surface area contributed by atoms with Crippen molar-refractivity contribution in [2.24, 2.45) is 4.99 Å². The van der Waals surface area contributed by atoms with E-state index >= 15 is 0 Å². The van der Waals surface area contributed by atoms with Crippen molar-refractivity contribution >= 4 is 34.6 Å². The lowest BCUT2D eigenvalue weighted by Crippen LogP contribution is -2.23. The summed E-state index contributed by atoms with van der Waals surface area (Å²) in [5, 5.41) is 0.665. The van der Waals surface area contributed by atoms with Gasteiger partial charge in [0, 0.05) is 13.2 Å². The molecule has 0 N–H and O–H groups in total. The van der Waals surface area contributed by atoms with Gasteiger partial charge in [-0.2, -0.15) is 0 Å². The monoisotopic (exact) mass is 309 g/mol. The van der Waals surface area contributed by atoms with Crippen LogP contribution < -0.4 is 0 Å². The van der Waals surface area contributed by atoms with Gasteiger partial charge in [0.2, 0.25) is 0 Å². The molecule has 0 unspecified atom stereocenters. The van der Waals surface area contributed by atoms with Crippen molar-refractivity contribution in [3.8, 4) is 0 Å². The van der Waals surface area contributed by atoms with Crippen LogP contribution in [0.5, 0.6) is 0 Å². The Balaban J connectivity index is 1.92. The molecule has 1 aromatic carbocycles. The number of pyridine rings is 1. The minimum absolute atomic E-state index is 0.0316. The summed E-state index contributed by atoms with van der Waals surface area (Å²) in [6, 6.07) is 11.7. The first-order valence-corrected chi connectivity index (χ1v) is 7.69. The normalized spacial score (nSPS) is 18.5. The highest BCUT2D eigenvalue weighted by Gasteiger charge is 2.30. The molecule has 1 amide bonds. The molecule has 0 saturated carbocycles. The molecule has 1 saturated heterocycles. The molecule has 110 valence electrons. The lowest BCUT2D eigenvalue weighted by Gasteiger charge is -2.06. The van der Waals surface area contributed by atoms with Gasteiger partial charge in [0.05, 0.1) is 16.8 Å². The van der Waals surface area contributed by atoms with Gasteiger partial charge in [-0.25, -0.2) is 4.99 Å². The predicted octanol–water partition coefficient (Wildman–Crippen LogP) is 3.62. The fraction of sp³-hybridized carbons (Fsp3) is 0.118. The Morgan fingerprint density at radius 2 is 2.05 bits per heavy atom. The zero-order valence-corrected chi connectivity index (χ0v) is 13.2. The number of carbonyl (C=O) groups is 1. The summed E-state index contributed by atoms with van der Waals surface area (Å²) in [4.78, 5) is 23.1. The number of likely N-dealkylation sites (N-methyl/N-ethyl adjacent to an activating group) is 1. The summed E-state index contributed by atoms with van der Waals surface area (Å²) < 4.78 is 0. The van der Waals surface area contributed by atoms with E-state index in [0.29, 0.717) is 10.1 Å². The Bertz CT molecular complexity index is 768. The van der Waals surface area contributed by atoms with Crippen molar-refractivity contribution in [3.63, 3.8) is 0 Å². The number of carbonyl (C=O) groups excluding carboxylic acids is 1. The van der Waals surface area contributed by atoms with Gasteiger partial charge in [-0.3, -0.25) is 14.7 Å². The van der Waals surface area contributed by atoms with Crippen LogP contribution in [0.2, 0.25) is 0 Å². The second-order valence-electron chi connectivity index (χ2n) is 4.94. The largest absolute Gasteiger partial charge is 0.290 e. The van der Waals surface area contributed by atoms with Crippen molar-refractivity contribution in [2.75, 3.05) is 7.05 Å². The van der Waals surface area contributed by atoms with Gasteiger partial charge < -0.3 is 0 Å². The number of aryl methyl sites for hydroxylation is 1. The smallest absolute Gasteiger partial charge is 0.266 e. The first-order chi connectivity index (χ1) is 10.6. The molecule has 4 nitrogen and oxygen atoms in total. The molecule has 0 aliphatic carbocycles. The van der Waals surface area contributed by atoms with Crippen molar-refractivity contribution in [3.05, 3.63) is 64.8 Å². The highest BCUT2D eigenvalue weighted by atomic mass is 32.2. The van der Waals surface area contributed by atoms with Crippen molar-refractivity contribution in [1.82, 2.24) is 9.88 Å². The number of thioether (sulfide) groups is 1. The molecular formula is C17H15N3OS. The molecule has 2 heterocycles. The second kappa shape index (κ2) is 6.15. The van der Waals surface area contributed by atoms with E-state index in [0.717, 1.165) is 16.8 Å². The molecular weight excluding hydrogens is 294 g/mol. The van der Waals surface area contributed by atoms with E-state index in [1.54, 1.807) is 24.3 Å². The van der Waals surface area contributed by atoms with E-state index < -0.39 is 0 Å². The van der Waals surface area contributed by atoms with Crippen LogP contribution in [0.15, 0.2) is 58.7 Å². The van der Waals surface area contributed by atoms with Crippen LogP contribution in [0, 0.1) is 6.92 Å². The fourth-order valence-electron chi connectivity index (χ4n) is 2.07. The summed E-state index contributed by atoms with van der Waals surface area (Å²) in [5.74, 6) is -0.0316. The Labute approximate surface area is 133 Å². The molecule has 0 radical (unpaired) electrons. The molecule has 0 spiro atoms. The summed E-state index contributed by atoms with van der Waals surface area (Å²) >= 11 is 1.38. The zero-order valence-electron chi connectivity index (χ0n) is 12.4. The standard InChI is InChI=1S/C17H15N3OS/c1-12-6-3-4-7-13(12)10-15-16(21)20(2)17(22-15)19-14-8-5-9-18-11-14/h3-11H,1-2H3/b15-10-,19-17?. The minimum atomic E-state index is -0.0316. The number of amidine groups is 1. The van der Waals surface area contributed by atoms with Crippen molar-refractivity contribution < 1.29 is 4.79 Å². The summed E-state index contributed by atoms with van der Waals surface area (Å²) in [7, 11) is 1.74. The minimum Gasteiger partial charge on any atom is -0.290 e. The lowest BCUT2D eigenvalue weighted by molar-refractivity contribution is -0.121. The summed E-state index contributed by atoms with van der Waals surface area (Å²) in [6.07, 6.45) is 5.30. The Morgan fingerprint density at radius 1 is 1.23 bits per heavy atom. The second-order valence-corrected chi connectivity index (χ2v) is 5.95. The number of benzene rings is 1. The molecule has 1 aliphatic heterocycles. The predicted molar refractivity (Wildman–Crippen MR) is 90.8 cm³/mol. The zero-order chi connectivity index (χ0) is 15.5.